The molecule has 0 aliphatic carbocycles. The number of aromatic nitrogens is 1. The van der Waals surface area contributed by atoms with Crippen LogP contribution in [0.4, 0.5) is 10.2 Å². The predicted molar refractivity (Wildman–Crippen MR) is 64.9 cm³/mol. The summed E-state index contributed by atoms with van der Waals surface area (Å²) < 4.78 is 13.6. The van der Waals surface area contributed by atoms with E-state index >= 15 is 0 Å². The lowest BCUT2D eigenvalue weighted by Gasteiger charge is -2.32. The van der Waals surface area contributed by atoms with E-state index in [1.807, 2.05) is 4.90 Å². The quantitative estimate of drug-likeness (QED) is 0.761. The van der Waals surface area contributed by atoms with Crippen LogP contribution in [0.15, 0.2) is 12.3 Å². The van der Waals surface area contributed by atoms with Crippen molar-refractivity contribution in [1.82, 2.24) is 4.98 Å². The van der Waals surface area contributed by atoms with Gasteiger partial charge in [0.05, 0.1) is 5.02 Å². The Balaban J connectivity index is 2.08. The second-order valence-electron chi connectivity index (χ2n) is 4.04. The van der Waals surface area contributed by atoms with Crippen molar-refractivity contribution < 1.29 is 4.39 Å². The van der Waals surface area contributed by atoms with E-state index in [0.717, 1.165) is 25.9 Å². The Morgan fingerprint density at radius 1 is 1.44 bits per heavy atom. The monoisotopic (exact) mass is 262 g/mol. The third-order valence-electron chi connectivity index (χ3n) is 2.92. The average molecular weight is 263 g/mol. The fourth-order valence-corrected chi connectivity index (χ4v) is 2.39. The van der Waals surface area contributed by atoms with Gasteiger partial charge in [0.25, 0.3) is 0 Å². The second-order valence-corrected chi connectivity index (χ2v) is 4.79. The van der Waals surface area contributed by atoms with Crippen LogP contribution in [0.1, 0.15) is 12.8 Å². The van der Waals surface area contributed by atoms with Crippen LogP contribution >= 0.6 is 23.2 Å². The zero-order valence-electron chi connectivity index (χ0n) is 8.80. The first kappa shape index (κ1) is 11.9. The lowest BCUT2D eigenvalue weighted by molar-refractivity contribution is 0.436. The summed E-state index contributed by atoms with van der Waals surface area (Å²) in [6.07, 6.45) is 3.47. The summed E-state index contributed by atoms with van der Waals surface area (Å²) in [7, 11) is 0. The summed E-state index contributed by atoms with van der Waals surface area (Å²) in [4.78, 5) is 5.99. The molecule has 1 aromatic rings. The van der Waals surface area contributed by atoms with Crippen molar-refractivity contribution >= 4 is 29.0 Å². The minimum absolute atomic E-state index is 0.330. The van der Waals surface area contributed by atoms with Crippen LogP contribution in [-0.4, -0.2) is 24.0 Å². The number of halogens is 3. The minimum atomic E-state index is -0.350. The number of piperidine rings is 1. The first-order valence-corrected chi connectivity index (χ1v) is 6.24. The van der Waals surface area contributed by atoms with Gasteiger partial charge in [-0.2, -0.15) is 0 Å². The molecule has 0 radical (unpaired) electrons. The first-order valence-electron chi connectivity index (χ1n) is 5.32. The molecule has 1 saturated heterocycles. The van der Waals surface area contributed by atoms with E-state index in [4.69, 9.17) is 23.2 Å². The topological polar surface area (TPSA) is 16.1 Å². The van der Waals surface area contributed by atoms with Crippen molar-refractivity contribution in [3.05, 3.63) is 23.1 Å². The van der Waals surface area contributed by atoms with E-state index in [1.165, 1.54) is 12.3 Å². The van der Waals surface area contributed by atoms with Gasteiger partial charge in [-0.3, -0.25) is 0 Å². The zero-order chi connectivity index (χ0) is 11.5. The summed E-state index contributed by atoms with van der Waals surface area (Å²) in [6, 6.07) is 1.30. The lowest BCUT2D eigenvalue weighted by Crippen LogP contribution is -2.35. The van der Waals surface area contributed by atoms with Crippen LogP contribution in [0.5, 0.6) is 0 Å². The summed E-state index contributed by atoms with van der Waals surface area (Å²) in [5, 5.41) is 0.330. The molecule has 0 saturated carbocycles. The molecule has 0 spiro atoms. The lowest BCUT2D eigenvalue weighted by atomic mass is 9.99. The van der Waals surface area contributed by atoms with Crippen molar-refractivity contribution in [3.63, 3.8) is 0 Å². The van der Waals surface area contributed by atoms with Crippen LogP contribution in [0.25, 0.3) is 0 Å². The van der Waals surface area contributed by atoms with Gasteiger partial charge >= 0.3 is 0 Å². The van der Waals surface area contributed by atoms with E-state index in [1.54, 1.807) is 0 Å². The fourth-order valence-electron chi connectivity index (χ4n) is 1.94. The average Bonchev–Trinajstić information content (AvgIpc) is 2.29. The molecule has 1 aliphatic rings. The maximum Gasteiger partial charge on any atom is 0.167 e. The number of nitrogens with zero attached hydrogens (tertiary/aromatic N) is 2. The van der Waals surface area contributed by atoms with Crippen molar-refractivity contribution in [3.8, 4) is 0 Å². The number of anilines is 1. The third kappa shape index (κ3) is 2.58. The smallest absolute Gasteiger partial charge is 0.167 e. The van der Waals surface area contributed by atoms with Crippen molar-refractivity contribution in [2.75, 3.05) is 23.9 Å². The number of alkyl halides is 1. The van der Waals surface area contributed by atoms with Gasteiger partial charge in [0.1, 0.15) is 0 Å². The molecule has 1 fully saturated rings. The molecule has 5 heteroatoms. The van der Waals surface area contributed by atoms with Crippen LogP contribution in [-0.2, 0) is 0 Å². The Labute approximate surface area is 104 Å². The maximum absolute atomic E-state index is 13.6. The van der Waals surface area contributed by atoms with E-state index in [-0.39, 0.29) is 5.82 Å². The molecule has 0 aromatic carbocycles. The number of hydrogen-bond donors (Lipinski definition) is 0. The number of rotatable bonds is 2. The Morgan fingerprint density at radius 2 is 2.12 bits per heavy atom. The van der Waals surface area contributed by atoms with Gasteiger partial charge in [-0.05, 0) is 24.8 Å². The largest absolute Gasteiger partial charge is 0.354 e. The molecular formula is C11H13Cl2FN2. The molecule has 1 aliphatic heterocycles. The molecule has 0 unspecified atom stereocenters. The first-order chi connectivity index (χ1) is 7.70. The second kappa shape index (κ2) is 5.19. The molecule has 0 atom stereocenters. The Bertz CT molecular complexity index is 365. The van der Waals surface area contributed by atoms with Crippen molar-refractivity contribution in [2.24, 2.45) is 5.92 Å². The molecular weight excluding hydrogens is 250 g/mol. The molecule has 0 amide bonds. The van der Waals surface area contributed by atoms with Gasteiger partial charge in [-0.1, -0.05) is 11.6 Å². The van der Waals surface area contributed by atoms with Gasteiger partial charge in [0.2, 0.25) is 0 Å². The normalized spacial score (nSPS) is 17.8. The molecule has 1 aromatic heterocycles. The standard InChI is InChI=1S/C11H13Cl2FN2/c12-6-8-1-3-16(4-2-8)11-10(14)5-9(13)7-15-11/h5,7-8H,1-4,6H2. The molecule has 2 heterocycles. The van der Waals surface area contributed by atoms with Crippen LogP contribution in [0, 0.1) is 11.7 Å². The van der Waals surface area contributed by atoms with Crippen molar-refractivity contribution in [1.29, 1.82) is 0 Å². The van der Waals surface area contributed by atoms with E-state index in [9.17, 15) is 4.39 Å². The summed E-state index contributed by atoms with van der Waals surface area (Å²) >= 11 is 11.5. The van der Waals surface area contributed by atoms with E-state index < -0.39 is 0 Å². The highest BCUT2D eigenvalue weighted by Crippen LogP contribution is 2.25. The SMILES string of the molecule is Fc1cc(Cl)cnc1N1CCC(CCl)CC1. The van der Waals surface area contributed by atoms with Gasteiger partial charge < -0.3 is 4.90 Å². The number of hydrogen-bond acceptors (Lipinski definition) is 2. The number of pyridine rings is 1. The Hall–Kier alpha value is -0.540. The van der Waals surface area contributed by atoms with Crippen LogP contribution in [0.2, 0.25) is 5.02 Å². The maximum atomic E-state index is 13.6. The molecule has 0 bridgehead atoms. The Morgan fingerprint density at radius 3 is 2.69 bits per heavy atom. The van der Waals surface area contributed by atoms with Gasteiger partial charge in [0, 0.05) is 25.2 Å². The molecule has 16 heavy (non-hydrogen) atoms. The third-order valence-corrected chi connectivity index (χ3v) is 3.56. The Kier molecular flexibility index (Phi) is 3.87. The molecule has 2 rings (SSSR count). The molecule has 2 nitrogen and oxygen atoms in total. The summed E-state index contributed by atoms with van der Waals surface area (Å²) in [5.41, 5.74) is 0. The van der Waals surface area contributed by atoms with Gasteiger partial charge in [0.15, 0.2) is 11.6 Å². The predicted octanol–water partition coefficient (Wildman–Crippen LogP) is 3.33. The van der Waals surface area contributed by atoms with Gasteiger partial charge in [-0.25, -0.2) is 9.37 Å². The van der Waals surface area contributed by atoms with E-state index in [0.29, 0.717) is 22.6 Å². The van der Waals surface area contributed by atoms with Crippen LogP contribution < -0.4 is 4.90 Å². The molecule has 0 N–H and O–H groups in total. The highest BCUT2D eigenvalue weighted by Gasteiger charge is 2.21. The highest BCUT2D eigenvalue weighted by molar-refractivity contribution is 6.30. The minimum Gasteiger partial charge on any atom is -0.354 e. The highest BCUT2D eigenvalue weighted by atomic mass is 35.5. The molecule has 88 valence electrons. The summed E-state index contributed by atoms with van der Waals surface area (Å²) in [5.74, 6) is 1.28. The zero-order valence-corrected chi connectivity index (χ0v) is 10.3. The summed E-state index contributed by atoms with van der Waals surface area (Å²) in [6.45, 7) is 1.62. The van der Waals surface area contributed by atoms with Crippen molar-refractivity contribution in [2.45, 2.75) is 12.8 Å². The fraction of sp³-hybridized carbons (Fsp3) is 0.545. The van der Waals surface area contributed by atoms with Crippen LogP contribution in [0.3, 0.4) is 0 Å². The van der Waals surface area contributed by atoms with E-state index in [2.05, 4.69) is 4.98 Å². The van der Waals surface area contributed by atoms with Gasteiger partial charge in [-0.15, -0.1) is 11.6 Å².